The number of carbonyl (C=O) groups excluding carboxylic acids is 3. The monoisotopic (exact) mass is 656 g/mol. The van der Waals surface area contributed by atoms with Crippen LogP contribution in [0.3, 0.4) is 0 Å². The first-order chi connectivity index (χ1) is 22.2. The Labute approximate surface area is 275 Å². The van der Waals surface area contributed by atoms with E-state index < -0.39 is 11.8 Å². The van der Waals surface area contributed by atoms with Crippen molar-refractivity contribution in [2.45, 2.75) is 20.1 Å². The molecule has 3 aromatic carbocycles. The van der Waals surface area contributed by atoms with Crippen LogP contribution in [0, 0.1) is 6.92 Å². The Morgan fingerprint density at radius 1 is 0.957 bits per heavy atom. The molecule has 0 spiro atoms. The number of amides is 3. The highest BCUT2D eigenvalue weighted by Gasteiger charge is 2.19. The van der Waals surface area contributed by atoms with Crippen LogP contribution in [-0.4, -0.2) is 36.3 Å². The number of para-hydroxylation sites is 1. The van der Waals surface area contributed by atoms with Gasteiger partial charge < -0.3 is 24.7 Å². The fourth-order valence-electron chi connectivity index (χ4n) is 4.54. The van der Waals surface area contributed by atoms with Gasteiger partial charge in [0, 0.05) is 40.4 Å². The topological polar surface area (TPSA) is 114 Å². The van der Waals surface area contributed by atoms with Crippen LogP contribution in [0.4, 0.5) is 5.69 Å². The van der Waals surface area contributed by atoms with Crippen molar-refractivity contribution in [1.82, 2.24) is 15.6 Å². The maximum absolute atomic E-state index is 13.0. The maximum Gasteiger partial charge on any atom is 0.251 e. The summed E-state index contributed by atoms with van der Waals surface area (Å²) >= 11 is 13.2. The molecule has 0 saturated carbocycles. The number of aryl methyl sites for hydroxylation is 1. The van der Waals surface area contributed by atoms with E-state index in [4.69, 9.17) is 32.4 Å². The van der Waals surface area contributed by atoms with E-state index in [0.717, 1.165) is 16.6 Å². The highest BCUT2D eigenvalue weighted by Crippen LogP contribution is 2.35. The smallest absolute Gasteiger partial charge is 0.251 e. The summed E-state index contributed by atoms with van der Waals surface area (Å²) in [6.45, 7) is 1.98. The number of fused-ring (bicyclic) bond motifs is 1. The minimum Gasteiger partial charge on any atom is -0.487 e. The molecule has 0 fully saturated rings. The number of anilines is 1. The SMILES string of the molecule is Cc1ccc2cccc(OCc3c(Cl)ccc(N(C)C(=O)CNC(=O)C=Cc4ccc(C(=O)NCc5ccco5)cc4)c3Cl)c2n1. The second-order valence-corrected chi connectivity index (χ2v) is 11.1. The molecule has 0 aliphatic heterocycles. The standard InChI is InChI=1S/C35H30Cl2N4O5/c1-22-8-12-24-5-3-7-30(34(24)40-22)46-21-27-28(36)15-16-29(33(27)37)41(2)32(43)20-38-31(42)17-11-23-9-13-25(14-10-23)35(44)39-19-26-6-4-18-45-26/h3-18H,19-21H2,1-2H3,(H,38,42)(H,39,44). The first kappa shape index (κ1) is 32.3. The Morgan fingerprint density at radius 3 is 2.52 bits per heavy atom. The lowest BCUT2D eigenvalue weighted by atomic mass is 10.1. The number of nitrogens with zero attached hydrogens (tertiary/aromatic N) is 2. The van der Waals surface area contributed by atoms with Gasteiger partial charge in [-0.05, 0) is 67.1 Å². The number of benzene rings is 3. The summed E-state index contributed by atoms with van der Waals surface area (Å²) < 4.78 is 11.3. The predicted molar refractivity (Wildman–Crippen MR) is 179 cm³/mol. The molecule has 0 atom stereocenters. The number of carbonyl (C=O) groups is 3. The van der Waals surface area contributed by atoms with E-state index in [1.54, 1.807) is 67.9 Å². The van der Waals surface area contributed by atoms with E-state index in [0.29, 0.717) is 38.9 Å². The molecular formula is C35H30Cl2N4O5. The number of rotatable bonds is 11. The van der Waals surface area contributed by atoms with Crippen molar-refractivity contribution in [3.63, 3.8) is 0 Å². The van der Waals surface area contributed by atoms with Crippen LogP contribution in [0.2, 0.25) is 10.0 Å². The van der Waals surface area contributed by atoms with Gasteiger partial charge in [-0.1, -0.05) is 53.5 Å². The third-order valence-corrected chi connectivity index (χ3v) is 7.89. The van der Waals surface area contributed by atoms with E-state index >= 15 is 0 Å². The number of ether oxygens (including phenoxy) is 1. The minimum atomic E-state index is -0.461. The van der Waals surface area contributed by atoms with Gasteiger partial charge in [-0.3, -0.25) is 14.4 Å². The molecule has 5 rings (SSSR count). The summed E-state index contributed by atoms with van der Waals surface area (Å²) in [5, 5.41) is 6.95. The summed E-state index contributed by atoms with van der Waals surface area (Å²) in [5.41, 5.74) is 3.69. The van der Waals surface area contributed by atoms with Gasteiger partial charge >= 0.3 is 0 Å². The van der Waals surface area contributed by atoms with Gasteiger partial charge in [-0.15, -0.1) is 0 Å². The average molecular weight is 658 g/mol. The lowest BCUT2D eigenvalue weighted by Gasteiger charge is -2.21. The summed E-state index contributed by atoms with van der Waals surface area (Å²) in [6, 6.07) is 23.1. The highest BCUT2D eigenvalue weighted by atomic mass is 35.5. The molecule has 2 heterocycles. The number of hydrogen-bond donors (Lipinski definition) is 2. The Hall–Kier alpha value is -5.12. The van der Waals surface area contributed by atoms with Crippen LogP contribution in [0.1, 0.15) is 32.9 Å². The highest BCUT2D eigenvalue weighted by molar-refractivity contribution is 6.38. The van der Waals surface area contributed by atoms with Crippen LogP contribution in [0.15, 0.2) is 95.6 Å². The van der Waals surface area contributed by atoms with E-state index in [9.17, 15) is 14.4 Å². The number of halogens is 2. The van der Waals surface area contributed by atoms with Gasteiger partial charge in [-0.25, -0.2) is 4.98 Å². The first-order valence-corrected chi connectivity index (χ1v) is 15.0. The zero-order chi connectivity index (χ0) is 32.6. The minimum absolute atomic E-state index is 0.0560. The molecule has 3 amide bonds. The van der Waals surface area contributed by atoms with Gasteiger partial charge in [0.15, 0.2) is 0 Å². The third kappa shape index (κ3) is 7.93. The normalized spacial score (nSPS) is 11.0. The van der Waals surface area contributed by atoms with Crippen LogP contribution < -0.4 is 20.3 Å². The van der Waals surface area contributed by atoms with Gasteiger partial charge in [-0.2, -0.15) is 0 Å². The molecular weight excluding hydrogens is 627 g/mol. The molecule has 0 unspecified atom stereocenters. The Bertz CT molecular complexity index is 1910. The molecule has 0 aliphatic rings. The molecule has 9 nitrogen and oxygen atoms in total. The fraction of sp³-hybridized carbons (Fsp3) is 0.143. The lowest BCUT2D eigenvalue weighted by Crippen LogP contribution is -2.37. The number of aromatic nitrogens is 1. The molecule has 0 aliphatic carbocycles. The number of hydrogen-bond acceptors (Lipinski definition) is 6. The van der Waals surface area contributed by atoms with Crippen LogP contribution in [-0.2, 0) is 22.7 Å². The lowest BCUT2D eigenvalue weighted by molar-refractivity contribution is -0.122. The average Bonchev–Trinajstić information content (AvgIpc) is 3.59. The van der Waals surface area contributed by atoms with Crippen LogP contribution in [0.5, 0.6) is 5.75 Å². The zero-order valence-corrected chi connectivity index (χ0v) is 26.6. The Balaban J connectivity index is 1.15. The zero-order valence-electron chi connectivity index (χ0n) is 25.1. The molecule has 11 heteroatoms. The summed E-state index contributed by atoms with van der Waals surface area (Å²) in [7, 11) is 1.56. The van der Waals surface area contributed by atoms with E-state index in [2.05, 4.69) is 15.6 Å². The summed E-state index contributed by atoms with van der Waals surface area (Å²) in [5.74, 6) is 0.139. The van der Waals surface area contributed by atoms with Crippen molar-refractivity contribution >= 4 is 63.6 Å². The molecule has 234 valence electrons. The molecule has 46 heavy (non-hydrogen) atoms. The van der Waals surface area contributed by atoms with Gasteiger partial charge in [0.05, 0.1) is 30.1 Å². The van der Waals surface area contributed by atoms with Crippen molar-refractivity contribution in [1.29, 1.82) is 0 Å². The van der Waals surface area contributed by atoms with E-state index in [1.807, 2.05) is 37.3 Å². The number of likely N-dealkylation sites (N-methyl/N-ethyl adjacent to an activating group) is 1. The first-order valence-electron chi connectivity index (χ1n) is 14.3. The van der Waals surface area contributed by atoms with Gasteiger partial charge in [0.25, 0.3) is 5.91 Å². The van der Waals surface area contributed by atoms with Crippen molar-refractivity contribution in [2.24, 2.45) is 0 Å². The van der Waals surface area contributed by atoms with Crippen molar-refractivity contribution in [3.8, 4) is 5.75 Å². The molecule has 5 aromatic rings. The number of pyridine rings is 1. The summed E-state index contributed by atoms with van der Waals surface area (Å²) in [4.78, 5) is 43.7. The Kier molecular flexibility index (Phi) is 10.4. The largest absolute Gasteiger partial charge is 0.487 e. The van der Waals surface area contributed by atoms with Crippen LogP contribution in [0.25, 0.3) is 17.0 Å². The molecule has 2 aromatic heterocycles. The number of furan rings is 1. The quantitative estimate of drug-likeness (QED) is 0.152. The Morgan fingerprint density at radius 2 is 1.76 bits per heavy atom. The van der Waals surface area contributed by atoms with E-state index in [-0.39, 0.29) is 30.6 Å². The third-order valence-electron chi connectivity index (χ3n) is 7.11. The van der Waals surface area contributed by atoms with Crippen LogP contribution >= 0.6 is 23.2 Å². The summed E-state index contributed by atoms with van der Waals surface area (Å²) in [6.07, 6.45) is 4.44. The molecule has 0 bridgehead atoms. The molecule has 2 N–H and O–H groups in total. The second-order valence-electron chi connectivity index (χ2n) is 10.3. The predicted octanol–water partition coefficient (Wildman–Crippen LogP) is 6.74. The number of nitrogens with one attached hydrogen (secondary N) is 2. The molecule has 0 saturated heterocycles. The second kappa shape index (κ2) is 14.8. The van der Waals surface area contributed by atoms with Gasteiger partial charge in [0.2, 0.25) is 11.8 Å². The van der Waals surface area contributed by atoms with E-state index in [1.165, 1.54) is 11.0 Å². The van der Waals surface area contributed by atoms with Gasteiger partial charge in [0.1, 0.15) is 23.6 Å². The molecule has 0 radical (unpaired) electrons. The fourth-order valence-corrected chi connectivity index (χ4v) is 5.14. The van der Waals surface area contributed by atoms with Crippen molar-refractivity contribution in [3.05, 3.63) is 129 Å². The van der Waals surface area contributed by atoms with Crippen molar-refractivity contribution in [2.75, 3.05) is 18.5 Å². The van der Waals surface area contributed by atoms with Crippen molar-refractivity contribution < 1.29 is 23.5 Å². The maximum atomic E-state index is 13.0.